The highest BCUT2D eigenvalue weighted by molar-refractivity contribution is 5.61. The molecule has 0 spiro atoms. The Hall–Kier alpha value is -1.84. The second-order valence-electron chi connectivity index (χ2n) is 5.76. The van der Waals surface area contributed by atoms with Crippen LogP contribution in [-0.2, 0) is 11.6 Å². The molecule has 2 rings (SSSR count). The first-order valence-corrected chi connectivity index (χ1v) is 6.32. The zero-order valence-corrected chi connectivity index (χ0v) is 11.6. The van der Waals surface area contributed by atoms with Gasteiger partial charge in [0.1, 0.15) is 0 Å². The molecule has 0 fully saturated rings. The van der Waals surface area contributed by atoms with Crippen LogP contribution in [0.15, 0.2) is 42.6 Å². The quantitative estimate of drug-likeness (QED) is 0.710. The highest BCUT2D eigenvalue weighted by Crippen LogP contribution is 2.32. The molecule has 20 heavy (non-hydrogen) atoms. The Morgan fingerprint density at radius 3 is 2.20 bits per heavy atom. The molecule has 0 amide bonds. The lowest BCUT2D eigenvalue weighted by Gasteiger charge is -2.19. The molecule has 0 bridgehead atoms. The van der Waals surface area contributed by atoms with Crippen LogP contribution in [0.4, 0.5) is 13.2 Å². The van der Waals surface area contributed by atoms with Gasteiger partial charge in [-0.3, -0.25) is 4.98 Å². The monoisotopic (exact) mass is 279 g/mol. The Balaban J connectivity index is 2.47. The van der Waals surface area contributed by atoms with Crippen molar-refractivity contribution >= 4 is 0 Å². The van der Waals surface area contributed by atoms with Crippen LogP contribution in [-0.4, -0.2) is 4.98 Å². The van der Waals surface area contributed by atoms with Crippen LogP contribution in [0.1, 0.15) is 31.9 Å². The fourth-order valence-corrected chi connectivity index (χ4v) is 1.91. The maximum atomic E-state index is 12.7. The third-order valence-electron chi connectivity index (χ3n) is 3.11. The van der Waals surface area contributed by atoms with Crippen molar-refractivity contribution in [2.24, 2.45) is 0 Å². The average Bonchev–Trinajstić information content (AvgIpc) is 2.37. The number of alkyl halides is 3. The summed E-state index contributed by atoms with van der Waals surface area (Å²) in [6.07, 6.45) is -2.70. The molecule has 0 aliphatic heterocycles. The lowest BCUT2D eigenvalue weighted by Crippen LogP contribution is -2.11. The van der Waals surface area contributed by atoms with Gasteiger partial charge in [-0.1, -0.05) is 32.9 Å². The minimum atomic E-state index is -4.34. The number of aromatic nitrogens is 1. The van der Waals surface area contributed by atoms with Crippen LogP contribution >= 0.6 is 0 Å². The number of halogens is 3. The molecule has 0 saturated heterocycles. The Kier molecular flexibility index (Phi) is 3.59. The molecule has 0 N–H and O–H groups in total. The fourth-order valence-electron chi connectivity index (χ4n) is 1.91. The molecule has 0 aliphatic carbocycles. The van der Waals surface area contributed by atoms with Gasteiger partial charge >= 0.3 is 6.18 Å². The van der Waals surface area contributed by atoms with Crippen LogP contribution in [0.2, 0.25) is 0 Å². The van der Waals surface area contributed by atoms with Crippen LogP contribution in [0.3, 0.4) is 0 Å². The second-order valence-corrected chi connectivity index (χ2v) is 5.76. The summed E-state index contributed by atoms with van der Waals surface area (Å²) < 4.78 is 38.2. The molecule has 0 radical (unpaired) electrons. The maximum Gasteiger partial charge on any atom is 0.416 e. The van der Waals surface area contributed by atoms with E-state index in [0.717, 1.165) is 17.7 Å². The molecule has 0 unspecified atom stereocenters. The first-order chi connectivity index (χ1) is 9.18. The van der Waals surface area contributed by atoms with Crippen LogP contribution in [0, 0.1) is 0 Å². The summed E-state index contributed by atoms with van der Waals surface area (Å²) in [7, 11) is 0. The van der Waals surface area contributed by atoms with E-state index in [2.05, 4.69) is 25.8 Å². The van der Waals surface area contributed by atoms with Crippen molar-refractivity contribution in [1.29, 1.82) is 0 Å². The lowest BCUT2D eigenvalue weighted by atomic mass is 9.87. The average molecular weight is 279 g/mol. The van der Waals surface area contributed by atoms with Crippen molar-refractivity contribution in [3.05, 3.63) is 53.7 Å². The third kappa shape index (κ3) is 3.18. The van der Waals surface area contributed by atoms with Crippen LogP contribution < -0.4 is 0 Å². The number of hydrogen-bond acceptors (Lipinski definition) is 1. The van der Waals surface area contributed by atoms with Gasteiger partial charge in [0.2, 0.25) is 0 Å². The van der Waals surface area contributed by atoms with Gasteiger partial charge in [0, 0.05) is 11.8 Å². The van der Waals surface area contributed by atoms with Crippen molar-refractivity contribution in [3.8, 4) is 11.3 Å². The highest BCUT2D eigenvalue weighted by Gasteiger charge is 2.30. The van der Waals surface area contributed by atoms with Gasteiger partial charge in [0.25, 0.3) is 0 Å². The van der Waals surface area contributed by atoms with Gasteiger partial charge in [-0.2, -0.15) is 13.2 Å². The van der Waals surface area contributed by atoms with E-state index in [1.807, 2.05) is 12.1 Å². The Bertz CT molecular complexity index is 554. The van der Waals surface area contributed by atoms with Gasteiger partial charge in [0.15, 0.2) is 0 Å². The van der Waals surface area contributed by atoms with Gasteiger partial charge < -0.3 is 0 Å². The maximum absolute atomic E-state index is 12.7. The zero-order chi connectivity index (χ0) is 15.0. The molecule has 0 atom stereocenters. The molecular weight excluding hydrogens is 263 g/mol. The van der Waals surface area contributed by atoms with Crippen molar-refractivity contribution in [1.82, 2.24) is 4.98 Å². The first kappa shape index (κ1) is 14.6. The highest BCUT2D eigenvalue weighted by atomic mass is 19.4. The van der Waals surface area contributed by atoms with Crippen molar-refractivity contribution in [3.63, 3.8) is 0 Å². The van der Waals surface area contributed by atoms with Crippen molar-refractivity contribution in [2.45, 2.75) is 32.4 Å². The number of benzene rings is 1. The van der Waals surface area contributed by atoms with E-state index >= 15 is 0 Å². The molecule has 1 heterocycles. The van der Waals surface area contributed by atoms with Gasteiger partial charge in [-0.25, -0.2) is 0 Å². The van der Waals surface area contributed by atoms with Crippen molar-refractivity contribution < 1.29 is 13.2 Å². The van der Waals surface area contributed by atoms with E-state index in [4.69, 9.17) is 0 Å². The van der Waals surface area contributed by atoms with E-state index < -0.39 is 11.7 Å². The summed E-state index contributed by atoms with van der Waals surface area (Å²) in [5.74, 6) is 0. The van der Waals surface area contributed by atoms with Gasteiger partial charge in [-0.15, -0.1) is 0 Å². The number of hydrogen-bond donors (Lipinski definition) is 0. The molecule has 0 saturated carbocycles. The Morgan fingerprint density at radius 2 is 1.60 bits per heavy atom. The predicted octanol–water partition coefficient (Wildman–Crippen LogP) is 5.06. The summed E-state index contributed by atoms with van der Waals surface area (Å²) in [6.45, 7) is 6.16. The third-order valence-corrected chi connectivity index (χ3v) is 3.11. The van der Waals surface area contributed by atoms with Crippen LogP contribution in [0.25, 0.3) is 11.3 Å². The largest absolute Gasteiger partial charge is 0.416 e. The normalized spacial score (nSPS) is 12.5. The van der Waals surface area contributed by atoms with E-state index in [0.29, 0.717) is 11.3 Å². The summed E-state index contributed by atoms with van der Waals surface area (Å²) in [6, 6.07) is 8.98. The van der Waals surface area contributed by atoms with Crippen LogP contribution in [0.5, 0.6) is 0 Å². The molecule has 0 aliphatic rings. The fraction of sp³-hybridized carbons (Fsp3) is 0.312. The molecule has 4 heteroatoms. The number of nitrogens with zero attached hydrogens (tertiary/aromatic N) is 1. The summed E-state index contributed by atoms with van der Waals surface area (Å²) >= 11 is 0. The second kappa shape index (κ2) is 4.93. The summed E-state index contributed by atoms with van der Waals surface area (Å²) in [5, 5.41) is 0. The predicted molar refractivity (Wildman–Crippen MR) is 73.4 cm³/mol. The molecule has 1 aromatic heterocycles. The van der Waals surface area contributed by atoms with E-state index in [-0.39, 0.29) is 5.41 Å². The Labute approximate surface area is 116 Å². The molecular formula is C16H16F3N. The molecule has 1 nitrogen and oxygen atoms in total. The number of pyridine rings is 1. The van der Waals surface area contributed by atoms with Gasteiger partial charge in [0.05, 0.1) is 11.3 Å². The minimum Gasteiger partial charge on any atom is -0.256 e. The first-order valence-electron chi connectivity index (χ1n) is 6.32. The summed E-state index contributed by atoms with van der Waals surface area (Å²) in [5.41, 5.74) is 1.35. The number of rotatable bonds is 1. The lowest BCUT2D eigenvalue weighted by molar-refractivity contribution is -0.137. The molecule has 106 valence electrons. The summed E-state index contributed by atoms with van der Waals surface area (Å²) in [4.78, 5) is 4.18. The van der Waals surface area contributed by atoms with Crippen molar-refractivity contribution in [2.75, 3.05) is 0 Å². The van der Waals surface area contributed by atoms with E-state index in [9.17, 15) is 13.2 Å². The van der Waals surface area contributed by atoms with Gasteiger partial charge in [-0.05, 0) is 35.2 Å². The topological polar surface area (TPSA) is 12.9 Å². The standard InChI is InChI=1S/C16H16F3N/c1-15(2,3)12-7-8-20-14(10-12)11-5-4-6-13(9-11)16(17,18)19/h4-10H,1-3H3. The SMILES string of the molecule is CC(C)(C)c1ccnc(-c2cccc(C(F)(F)F)c2)c1. The Morgan fingerprint density at radius 1 is 0.900 bits per heavy atom. The molecule has 1 aromatic carbocycles. The molecule has 2 aromatic rings. The smallest absolute Gasteiger partial charge is 0.256 e. The van der Waals surface area contributed by atoms with E-state index in [1.54, 1.807) is 12.3 Å². The zero-order valence-electron chi connectivity index (χ0n) is 11.6. The minimum absolute atomic E-state index is 0.0701. The van der Waals surface area contributed by atoms with E-state index in [1.165, 1.54) is 6.07 Å².